The molecule has 32 heavy (non-hydrogen) atoms. The number of anilines is 1. The lowest BCUT2D eigenvalue weighted by Gasteiger charge is -2.38. The minimum absolute atomic E-state index is 0.0107. The number of hydrogen-bond acceptors (Lipinski definition) is 6. The fraction of sp³-hybridized carbons (Fsp3) is 0.375. The Balaban J connectivity index is 1.38. The van der Waals surface area contributed by atoms with E-state index in [1.807, 2.05) is 12.1 Å². The molecular formula is C24H22Cl2N4O2. The topological polar surface area (TPSA) is 75.2 Å². The molecule has 0 N–H and O–H groups in total. The van der Waals surface area contributed by atoms with Crippen LogP contribution in [0.2, 0.25) is 10.0 Å². The smallest absolute Gasteiger partial charge is 0.190 e. The van der Waals surface area contributed by atoms with Crippen LogP contribution in [-0.4, -0.2) is 28.8 Å². The maximum atomic E-state index is 9.00. The molecule has 0 amide bonds. The van der Waals surface area contributed by atoms with Crippen molar-refractivity contribution in [2.24, 2.45) is 0 Å². The van der Waals surface area contributed by atoms with Crippen molar-refractivity contribution in [3.63, 3.8) is 0 Å². The Bertz CT molecular complexity index is 1150. The molecule has 0 unspecified atom stereocenters. The van der Waals surface area contributed by atoms with E-state index in [2.05, 4.69) is 28.0 Å². The Morgan fingerprint density at radius 1 is 1.16 bits per heavy atom. The van der Waals surface area contributed by atoms with E-state index in [9.17, 15) is 0 Å². The fourth-order valence-electron chi connectivity index (χ4n) is 4.26. The molecule has 1 aliphatic carbocycles. The van der Waals surface area contributed by atoms with Crippen molar-refractivity contribution in [3.05, 3.63) is 57.9 Å². The Morgan fingerprint density at radius 2 is 1.94 bits per heavy atom. The molecular weight excluding hydrogens is 447 g/mol. The van der Waals surface area contributed by atoms with Gasteiger partial charge in [0.25, 0.3) is 0 Å². The summed E-state index contributed by atoms with van der Waals surface area (Å²) in [7, 11) is 0. The predicted octanol–water partition coefficient (Wildman–Crippen LogP) is 6.23. The normalized spacial score (nSPS) is 20.8. The number of nitriles is 1. The highest BCUT2D eigenvalue weighted by atomic mass is 35.5. The molecule has 0 spiro atoms. The van der Waals surface area contributed by atoms with Gasteiger partial charge in [-0.15, -0.1) is 0 Å². The summed E-state index contributed by atoms with van der Waals surface area (Å²) in [4.78, 5) is 6.70. The quantitative estimate of drug-likeness (QED) is 0.441. The van der Waals surface area contributed by atoms with E-state index in [0.29, 0.717) is 38.5 Å². The van der Waals surface area contributed by atoms with E-state index >= 15 is 0 Å². The van der Waals surface area contributed by atoms with Crippen molar-refractivity contribution in [2.75, 3.05) is 11.4 Å². The molecule has 164 valence electrons. The van der Waals surface area contributed by atoms with Crippen molar-refractivity contribution in [3.8, 4) is 23.1 Å². The van der Waals surface area contributed by atoms with Crippen molar-refractivity contribution < 1.29 is 9.26 Å². The minimum Gasteiger partial charge on any atom is -0.484 e. The van der Waals surface area contributed by atoms with Gasteiger partial charge in [-0.1, -0.05) is 34.4 Å². The monoisotopic (exact) mass is 468 g/mol. The van der Waals surface area contributed by atoms with E-state index in [0.717, 1.165) is 43.8 Å². The molecule has 1 saturated carbocycles. The van der Waals surface area contributed by atoms with Gasteiger partial charge in [-0.3, -0.25) is 0 Å². The van der Waals surface area contributed by atoms with Crippen LogP contribution in [0, 0.1) is 11.3 Å². The van der Waals surface area contributed by atoms with Crippen molar-refractivity contribution in [2.45, 2.75) is 50.7 Å². The van der Waals surface area contributed by atoms with Crippen LogP contribution in [0.15, 0.2) is 41.1 Å². The van der Waals surface area contributed by atoms with Crippen molar-refractivity contribution >= 4 is 29.0 Å². The highest BCUT2D eigenvalue weighted by molar-refractivity contribution is 6.39. The number of nitrogens with zero attached hydrogens (tertiary/aromatic N) is 4. The van der Waals surface area contributed by atoms with Crippen LogP contribution in [0.1, 0.15) is 49.8 Å². The largest absolute Gasteiger partial charge is 0.484 e. The number of benzene rings is 1. The molecule has 0 bridgehead atoms. The fourth-order valence-corrected chi connectivity index (χ4v) is 4.84. The Kier molecular flexibility index (Phi) is 5.71. The lowest BCUT2D eigenvalue weighted by atomic mass is 10.00. The zero-order chi connectivity index (χ0) is 22.2. The van der Waals surface area contributed by atoms with Gasteiger partial charge in [0.05, 0.1) is 15.6 Å². The van der Waals surface area contributed by atoms with Gasteiger partial charge >= 0.3 is 0 Å². The molecule has 2 aliphatic rings. The third-order valence-corrected chi connectivity index (χ3v) is 6.74. The van der Waals surface area contributed by atoms with Crippen LogP contribution in [0.3, 0.4) is 0 Å². The molecule has 2 aromatic heterocycles. The molecule has 0 radical (unpaired) electrons. The van der Waals surface area contributed by atoms with Crippen LogP contribution >= 0.6 is 23.2 Å². The molecule has 5 rings (SSSR count). The molecule has 1 aliphatic heterocycles. The standard InChI is InChI=1S/C24H22Cl2N4O2/c1-14-11-17(9-10-30(14)20-8-5-15(12-27)13-28-20)31-24-22(29-32-23(24)16-6-7-16)21-18(25)3-2-4-19(21)26/h2-5,8,13-14,16-17H,6-7,9-11H2,1H3/t14-,17-/m1/s1. The second kappa shape index (κ2) is 8.65. The van der Waals surface area contributed by atoms with E-state index in [1.54, 1.807) is 24.4 Å². The molecule has 8 heteroatoms. The van der Waals surface area contributed by atoms with Gasteiger partial charge < -0.3 is 14.2 Å². The summed E-state index contributed by atoms with van der Waals surface area (Å²) in [5.41, 5.74) is 1.78. The van der Waals surface area contributed by atoms with Gasteiger partial charge in [-0.2, -0.15) is 5.26 Å². The van der Waals surface area contributed by atoms with Crippen molar-refractivity contribution in [1.82, 2.24) is 10.1 Å². The van der Waals surface area contributed by atoms with Gasteiger partial charge in [0.2, 0.25) is 0 Å². The van der Waals surface area contributed by atoms with Crippen LogP contribution in [0.4, 0.5) is 5.82 Å². The summed E-state index contributed by atoms with van der Waals surface area (Å²) in [6.45, 7) is 2.97. The molecule has 3 aromatic rings. The second-order valence-electron chi connectivity index (χ2n) is 8.42. The first kappa shape index (κ1) is 21.1. The summed E-state index contributed by atoms with van der Waals surface area (Å²) >= 11 is 12.9. The highest BCUT2D eigenvalue weighted by Gasteiger charge is 2.37. The SMILES string of the molecule is C[C@@H]1C[C@H](Oc2c(-c3c(Cl)cccc3Cl)noc2C2CC2)CCN1c1ccc(C#N)cn1. The van der Waals surface area contributed by atoms with E-state index in [1.165, 1.54) is 0 Å². The van der Waals surface area contributed by atoms with Crippen LogP contribution in [0.25, 0.3) is 11.3 Å². The molecule has 2 fully saturated rings. The van der Waals surface area contributed by atoms with Gasteiger partial charge in [-0.25, -0.2) is 4.98 Å². The average Bonchev–Trinajstić information content (AvgIpc) is 3.56. The van der Waals surface area contributed by atoms with Gasteiger partial charge in [-0.05, 0) is 44.0 Å². The van der Waals surface area contributed by atoms with Crippen LogP contribution in [-0.2, 0) is 0 Å². The summed E-state index contributed by atoms with van der Waals surface area (Å²) in [6.07, 6.45) is 5.42. The molecule has 1 saturated heterocycles. The number of piperidine rings is 1. The summed E-state index contributed by atoms with van der Waals surface area (Å²) in [6, 6.07) is 11.4. The number of aromatic nitrogens is 2. The number of ether oxygens (including phenoxy) is 1. The second-order valence-corrected chi connectivity index (χ2v) is 9.23. The highest BCUT2D eigenvalue weighted by Crippen LogP contribution is 2.50. The molecule has 3 heterocycles. The number of hydrogen-bond donors (Lipinski definition) is 0. The van der Waals surface area contributed by atoms with E-state index < -0.39 is 0 Å². The third kappa shape index (κ3) is 4.03. The predicted molar refractivity (Wildman–Crippen MR) is 123 cm³/mol. The average molecular weight is 469 g/mol. The van der Waals surface area contributed by atoms with Gasteiger partial charge in [0.1, 0.15) is 18.0 Å². The third-order valence-electron chi connectivity index (χ3n) is 6.11. The van der Waals surface area contributed by atoms with E-state index in [4.69, 9.17) is 37.7 Å². The lowest BCUT2D eigenvalue weighted by Crippen LogP contribution is -2.45. The molecule has 2 atom stereocenters. The minimum atomic E-state index is 0.0107. The maximum absolute atomic E-state index is 9.00. The van der Waals surface area contributed by atoms with Crippen LogP contribution in [0.5, 0.6) is 5.75 Å². The van der Waals surface area contributed by atoms with Gasteiger partial charge in [0, 0.05) is 43.1 Å². The summed E-state index contributed by atoms with van der Waals surface area (Å²) in [5, 5.41) is 14.4. The first-order valence-corrected chi connectivity index (χ1v) is 11.5. The zero-order valence-corrected chi connectivity index (χ0v) is 19.1. The molecule has 1 aromatic carbocycles. The molecule has 6 nitrogen and oxygen atoms in total. The van der Waals surface area contributed by atoms with E-state index in [-0.39, 0.29) is 12.1 Å². The number of halogens is 2. The Labute approximate surface area is 196 Å². The number of rotatable bonds is 5. The van der Waals surface area contributed by atoms with Gasteiger partial charge in [0.15, 0.2) is 17.2 Å². The maximum Gasteiger partial charge on any atom is 0.190 e. The zero-order valence-electron chi connectivity index (χ0n) is 17.6. The summed E-state index contributed by atoms with van der Waals surface area (Å²) < 4.78 is 12.3. The lowest BCUT2D eigenvalue weighted by molar-refractivity contribution is 0.152. The Morgan fingerprint density at radius 3 is 2.56 bits per heavy atom. The Hall–Kier alpha value is -2.75. The first-order chi connectivity index (χ1) is 15.5. The van der Waals surface area contributed by atoms with Crippen LogP contribution < -0.4 is 9.64 Å². The summed E-state index contributed by atoms with van der Waals surface area (Å²) in [5.74, 6) is 2.68. The first-order valence-electron chi connectivity index (χ1n) is 10.8. The number of pyridine rings is 1. The van der Waals surface area contributed by atoms with Crippen molar-refractivity contribution in [1.29, 1.82) is 5.26 Å².